The van der Waals surface area contributed by atoms with Crippen molar-refractivity contribution >= 4 is 32.8 Å². The minimum Gasteiger partial charge on any atom is -0.487 e. The van der Waals surface area contributed by atoms with Crippen molar-refractivity contribution in [3.8, 4) is 5.75 Å². The summed E-state index contributed by atoms with van der Waals surface area (Å²) >= 11 is 3.44. The van der Waals surface area contributed by atoms with E-state index in [0.717, 1.165) is 6.07 Å². The minimum atomic E-state index is -1.24. The molecule has 2 aliphatic rings. The number of aliphatic hydroxyl groups is 2. The largest absolute Gasteiger partial charge is 0.487 e. The van der Waals surface area contributed by atoms with Crippen molar-refractivity contribution in [3.05, 3.63) is 45.8 Å². The molecule has 3 aromatic rings. The maximum absolute atomic E-state index is 14.2. The van der Waals surface area contributed by atoms with Gasteiger partial charge in [0, 0.05) is 40.8 Å². The second kappa shape index (κ2) is 7.66. The second-order valence-corrected chi connectivity index (χ2v) is 8.69. The van der Waals surface area contributed by atoms with Crippen LogP contribution in [0.3, 0.4) is 0 Å². The Balaban J connectivity index is 1.48. The SMILES string of the molecule is Nc1ncnc2c1c(Br)cn2[C@@H]1C[C@H](Oc2cc(F)c(F)c3c2CNCC3)[C@@H](O)[C@H]1O. The van der Waals surface area contributed by atoms with Crippen LogP contribution in [0, 0.1) is 11.6 Å². The van der Waals surface area contributed by atoms with Gasteiger partial charge in [0.1, 0.15) is 41.9 Å². The molecule has 1 aliphatic heterocycles. The fourth-order valence-corrected chi connectivity index (χ4v) is 5.12. The molecule has 11 heteroatoms. The minimum absolute atomic E-state index is 0.170. The summed E-state index contributed by atoms with van der Waals surface area (Å²) in [6.45, 7) is 0.877. The highest BCUT2D eigenvalue weighted by atomic mass is 79.9. The second-order valence-electron chi connectivity index (χ2n) is 7.84. The van der Waals surface area contributed by atoms with Crippen LogP contribution in [0.4, 0.5) is 14.6 Å². The third-order valence-electron chi connectivity index (χ3n) is 6.07. The number of anilines is 1. The average molecular weight is 496 g/mol. The van der Waals surface area contributed by atoms with E-state index in [2.05, 4.69) is 31.2 Å². The molecule has 0 spiro atoms. The Morgan fingerprint density at radius 1 is 1.23 bits per heavy atom. The number of fused-ring (bicyclic) bond motifs is 2. The number of nitrogens with zero attached hydrogens (tertiary/aromatic N) is 3. The predicted molar refractivity (Wildman–Crippen MR) is 111 cm³/mol. The van der Waals surface area contributed by atoms with Crippen LogP contribution in [0.15, 0.2) is 23.1 Å². The molecule has 1 aromatic carbocycles. The van der Waals surface area contributed by atoms with Gasteiger partial charge in [-0.05, 0) is 28.9 Å². The number of aromatic nitrogens is 3. The molecule has 5 N–H and O–H groups in total. The lowest BCUT2D eigenvalue weighted by Crippen LogP contribution is -2.35. The molecule has 0 bridgehead atoms. The van der Waals surface area contributed by atoms with Gasteiger partial charge in [0.05, 0.1) is 11.4 Å². The van der Waals surface area contributed by atoms with Crippen molar-refractivity contribution in [2.75, 3.05) is 12.3 Å². The molecule has 5 rings (SSSR count). The number of halogens is 3. The Hall–Kier alpha value is -2.34. The Morgan fingerprint density at radius 3 is 2.84 bits per heavy atom. The van der Waals surface area contributed by atoms with E-state index in [9.17, 15) is 19.0 Å². The fourth-order valence-electron chi connectivity index (χ4n) is 4.52. The van der Waals surface area contributed by atoms with E-state index < -0.39 is 36.0 Å². The van der Waals surface area contributed by atoms with Gasteiger partial charge >= 0.3 is 0 Å². The first-order chi connectivity index (χ1) is 14.9. The highest BCUT2D eigenvalue weighted by Crippen LogP contribution is 2.40. The summed E-state index contributed by atoms with van der Waals surface area (Å²) in [5, 5.41) is 25.1. The molecule has 2 aromatic heterocycles. The Morgan fingerprint density at radius 2 is 2.03 bits per heavy atom. The van der Waals surface area contributed by atoms with E-state index in [1.807, 2.05) is 0 Å². The van der Waals surface area contributed by atoms with Crippen LogP contribution in [0.25, 0.3) is 11.0 Å². The first-order valence-corrected chi connectivity index (χ1v) is 10.7. The molecule has 0 radical (unpaired) electrons. The van der Waals surface area contributed by atoms with Gasteiger partial charge in [-0.1, -0.05) is 0 Å². The molecule has 1 fully saturated rings. The summed E-state index contributed by atoms with van der Waals surface area (Å²) in [7, 11) is 0. The monoisotopic (exact) mass is 495 g/mol. The molecule has 0 unspecified atom stereocenters. The van der Waals surface area contributed by atoms with Gasteiger partial charge in [0.2, 0.25) is 0 Å². The zero-order valence-corrected chi connectivity index (χ0v) is 17.8. The fraction of sp³-hybridized carbons (Fsp3) is 0.400. The number of aliphatic hydroxyl groups excluding tert-OH is 2. The third kappa shape index (κ3) is 3.27. The first kappa shape index (κ1) is 20.6. The van der Waals surface area contributed by atoms with E-state index >= 15 is 0 Å². The molecule has 1 saturated carbocycles. The topological polar surface area (TPSA) is 118 Å². The molecule has 1 aliphatic carbocycles. The van der Waals surface area contributed by atoms with Crippen molar-refractivity contribution in [2.24, 2.45) is 0 Å². The Kier molecular flexibility index (Phi) is 5.08. The van der Waals surface area contributed by atoms with Crippen molar-refractivity contribution < 1.29 is 23.7 Å². The van der Waals surface area contributed by atoms with Crippen molar-refractivity contribution in [1.82, 2.24) is 19.9 Å². The first-order valence-electron chi connectivity index (χ1n) is 9.86. The standard InChI is InChI=1S/C20H20BrF2N5O3/c21-10-6-28(20-15(10)19(24)26-7-27-20)12-4-14(18(30)17(12)29)31-13-3-11(22)16(23)8-1-2-25-5-9(8)13/h3,6-7,12,14,17-18,25,29-30H,1-2,4-5H2,(H2,24,26,27)/t12-,14+,17+,18-/m1/s1. The van der Waals surface area contributed by atoms with Crippen LogP contribution >= 0.6 is 15.9 Å². The van der Waals surface area contributed by atoms with E-state index in [4.69, 9.17) is 10.5 Å². The normalized spacial score (nSPS) is 25.7. The van der Waals surface area contributed by atoms with Crippen LogP contribution in [0.5, 0.6) is 5.75 Å². The van der Waals surface area contributed by atoms with E-state index in [-0.39, 0.29) is 23.6 Å². The molecule has 164 valence electrons. The van der Waals surface area contributed by atoms with Crippen molar-refractivity contribution in [1.29, 1.82) is 0 Å². The van der Waals surface area contributed by atoms with Gasteiger partial charge in [-0.25, -0.2) is 18.7 Å². The van der Waals surface area contributed by atoms with Crippen LogP contribution in [-0.2, 0) is 13.0 Å². The molecule has 0 saturated heterocycles. The lowest BCUT2D eigenvalue weighted by atomic mass is 9.99. The van der Waals surface area contributed by atoms with Crippen molar-refractivity contribution in [3.63, 3.8) is 0 Å². The number of rotatable bonds is 3. The number of hydrogen-bond acceptors (Lipinski definition) is 7. The summed E-state index contributed by atoms with van der Waals surface area (Å²) in [4.78, 5) is 8.25. The van der Waals surface area contributed by atoms with E-state index in [1.54, 1.807) is 10.8 Å². The maximum atomic E-state index is 14.2. The van der Waals surface area contributed by atoms with Gasteiger partial charge in [-0.15, -0.1) is 0 Å². The zero-order chi connectivity index (χ0) is 21.9. The summed E-state index contributed by atoms with van der Waals surface area (Å²) < 4.78 is 36.7. The van der Waals surface area contributed by atoms with Gasteiger partial charge in [-0.2, -0.15) is 0 Å². The Labute approximate surface area is 184 Å². The molecule has 3 heterocycles. The van der Waals surface area contributed by atoms with Crippen LogP contribution in [0.1, 0.15) is 23.6 Å². The highest BCUT2D eigenvalue weighted by molar-refractivity contribution is 9.10. The summed E-state index contributed by atoms with van der Waals surface area (Å²) in [5.74, 6) is -1.40. The lowest BCUT2D eigenvalue weighted by molar-refractivity contribution is -0.0167. The molecule has 8 nitrogen and oxygen atoms in total. The number of hydrogen-bond donors (Lipinski definition) is 4. The van der Waals surface area contributed by atoms with Gasteiger partial charge in [0.15, 0.2) is 11.6 Å². The molecule has 0 amide bonds. The van der Waals surface area contributed by atoms with Crippen molar-refractivity contribution in [2.45, 2.75) is 43.7 Å². The number of benzene rings is 1. The van der Waals surface area contributed by atoms with Gasteiger partial charge in [-0.3, -0.25) is 0 Å². The predicted octanol–water partition coefficient (Wildman–Crippen LogP) is 1.81. The summed E-state index contributed by atoms with van der Waals surface area (Å²) in [6, 6.07) is 0.436. The molecular formula is C20H20BrF2N5O3. The maximum Gasteiger partial charge on any atom is 0.162 e. The van der Waals surface area contributed by atoms with E-state index in [0.29, 0.717) is 40.6 Å². The third-order valence-corrected chi connectivity index (χ3v) is 6.68. The number of nitrogens with two attached hydrogens (primary N) is 1. The van der Waals surface area contributed by atoms with Crippen LogP contribution < -0.4 is 15.8 Å². The smallest absolute Gasteiger partial charge is 0.162 e. The number of ether oxygens (including phenoxy) is 1. The van der Waals surface area contributed by atoms with Crippen LogP contribution in [-0.4, -0.2) is 49.6 Å². The summed E-state index contributed by atoms with van der Waals surface area (Å²) in [5.41, 5.74) is 7.27. The van der Waals surface area contributed by atoms with E-state index in [1.165, 1.54) is 6.33 Å². The summed E-state index contributed by atoms with van der Waals surface area (Å²) in [6.07, 6.45) is 0.395. The molecular weight excluding hydrogens is 476 g/mol. The lowest BCUT2D eigenvalue weighted by Gasteiger charge is -2.25. The average Bonchev–Trinajstić information content (AvgIpc) is 3.24. The zero-order valence-electron chi connectivity index (χ0n) is 16.2. The number of nitrogens with one attached hydrogen (secondary N) is 1. The molecule has 31 heavy (non-hydrogen) atoms. The number of nitrogen functional groups attached to an aromatic ring is 1. The van der Waals surface area contributed by atoms with Crippen LogP contribution in [0.2, 0.25) is 0 Å². The Bertz CT molecular complexity index is 1170. The quantitative estimate of drug-likeness (QED) is 0.437. The molecule has 4 atom stereocenters. The van der Waals surface area contributed by atoms with Gasteiger partial charge < -0.3 is 30.6 Å². The highest BCUT2D eigenvalue weighted by Gasteiger charge is 2.45. The van der Waals surface area contributed by atoms with Gasteiger partial charge in [0.25, 0.3) is 0 Å².